The van der Waals surface area contributed by atoms with Gasteiger partial charge in [-0.25, -0.2) is 8.42 Å². The molecule has 0 fully saturated rings. The number of benzene rings is 2. The van der Waals surface area contributed by atoms with Gasteiger partial charge < -0.3 is 5.11 Å². The number of carboxylic acid groups (broad SMARTS) is 1. The van der Waals surface area contributed by atoms with E-state index in [1.54, 1.807) is 30.3 Å². The first kappa shape index (κ1) is 18.5. The van der Waals surface area contributed by atoms with E-state index in [0.29, 0.717) is 6.42 Å². The Morgan fingerprint density at radius 3 is 2.21 bits per heavy atom. The third-order valence-corrected chi connectivity index (χ3v) is 5.97. The third kappa shape index (κ3) is 5.35. The summed E-state index contributed by atoms with van der Waals surface area (Å²) in [7, 11) is -3.36. The second-order valence-electron chi connectivity index (χ2n) is 5.59. The summed E-state index contributed by atoms with van der Waals surface area (Å²) in [4.78, 5) is 10.8. The topological polar surface area (TPSA) is 71.4 Å². The molecule has 1 N–H and O–H groups in total. The molecule has 0 saturated heterocycles. The maximum absolute atomic E-state index is 12.3. The van der Waals surface area contributed by atoms with Crippen LogP contribution in [0.25, 0.3) is 0 Å². The molecule has 128 valence electrons. The molecule has 0 atom stereocenters. The van der Waals surface area contributed by atoms with Crippen molar-refractivity contribution in [2.24, 2.45) is 0 Å². The number of carboxylic acids is 1. The van der Waals surface area contributed by atoms with Gasteiger partial charge in [0, 0.05) is 0 Å². The predicted octanol–water partition coefficient (Wildman–Crippen LogP) is 3.76. The van der Waals surface area contributed by atoms with Gasteiger partial charge in [-0.15, -0.1) is 0 Å². The first-order valence-corrected chi connectivity index (χ1v) is 9.68. The van der Waals surface area contributed by atoms with E-state index in [4.69, 9.17) is 16.7 Å². The Labute approximate surface area is 147 Å². The summed E-state index contributed by atoms with van der Waals surface area (Å²) in [5.41, 5.74) is 1.83. The van der Waals surface area contributed by atoms with E-state index >= 15 is 0 Å². The van der Waals surface area contributed by atoms with Crippen LogP contribution in [0.4, 0.5) is 0 Å². The number of sulfone groups is 1. The van der Waals surface area contributed by atoms with Crippen LogP contribution >= 0.6 is 11.6 Å². The average Bonchev–Trinajstić information content (AvgIpc) is 2.53. The number of aliphatic carboxylic acids is 1. The lowest BCUT2D eigenvalue weighted by Crippen LogP contribution is -2.07. The predicted molar refractivity (Wildman–Crippen MR) is 94.2 cm³/mol. The number of hydrogen-bond acceptors (Lipinski definition) is 3. The smallest absolute Gasteiger partial charge is 0.307 e. The van der Waals surface area contributed by atoms with Gasteiger partial charge in [-0.3, -0.25) is 4.79 Å². The fraction of sp³-hybridized carbons (Fsp3) is 0.278. The fourth-order valence-electron chi connectivity index (χ4n) is 2.43. The van der Waals surface area contributed by atoms with Gasteiger partial charge >= 0.3 is 5.97 Å². The molecule has 0 aromatic heterocycles. The van der Waals surface area contributed by atoms with Crippen molar-refractivity contribution in [1.29, 1.82) is 0 Å². The molecule has 0 amide bonds. The molecule has 0 aliphatic carbocycles. The summed E-state index contributed by atoms with van der Waals surface area (Å²) in [6.45, 7) is 0. The van der Waals surface area contributed by atoms with Gasteiger partial charge in [0.1, 0.15) is 0 Å². The van der Waals surface area contributed by atoms with Crippen LogP contribution in [0.1, 0.15) is 24.0 Å². The van der Waals surface area contributed by atoms with Crippen LogP contribution in [-0.2, 0) is 27.5 Å². The minimum Gasteiger partial charge on any atom is -0.481 e. The Bertz CT molecular complexity index is 798. The number of unbranched alkanes of at least 4 members (excludes halogenated alkanes) is 1. The first-order valence-electron chi connectivity index (χ1n) is 7.65. The quantitative estimate of drug-likeness (QED) is 0.722. The highest BCUT2D eigenvalue weighted by Crippen LogP contribution is 2.22. The second-order valence-corrected chi connectivity index (χ2v) is 8.08. The van der Waals surface area contributed by atoms with Crippen LogP contribution in [0.5, 0.6) is 0 Å². The molecule has 2 aromatic rings. The van der Waals surface area contributed by atoms with E-state index in [0.717, 1.165) is 24.0 Å². The maximum Gasteiger partial charge on any atom is 0.307 e. The molecule has 0 aliphatic heterocycles. The van der Waals surface area contributed by atoms with Crippen LogP contribution in [0.15, 0.2) is 53.4 Å². The molecule has 2 rings (SSSR count). The molecule has 0 heterocycles. The van der Waals surface area contributed by atoms with Crippen molar-refractivity contribution in [2.45, 2.75) is 30.6 Å². The molecule has 0 spiro atoms. The van der Waals surface area contributed by atoms with Gasteiger partial charge in [-0.1, -0.05) is 48.0 Å². The van der Waals surface area contributed by atoms with Crippen molar-refractivity contribution in [3.05, 3.63) is 64.7 Å². The van der Waals surface area contributed by atoms with Crippen LogP contribution in [0.3, 0.4) is 0 Å². The number of aryl methyl sites for hydroxylation is 1. The van der Waals surface area contributed by atoms with E-state index in [1.165, 1.54) is 6.07 Å². The average molecular weight is 367 g/mol. The van der Waals surface area contributed by atoms with Crippen molar-refractivity contribution in [3.63, 3.8) is 0 Å². The molecule has 0 aliphatic rings. The molecular formula is C18H19ClO4S. The molecular weight excluding hydrogens is 348 g/mol. The number of carbonyl (C=O) groups is 1. The molecule has 0 radical (unpaired) electrons. The summed E-state index contributed by atoms with van der Waals surface area (Å²) < 4.78 is 24.5. The van der Waals surface area contributed by atoms with Crippen LogP contribution in [0, 0.1) is 0 Å². The summed E-state index contributed by atoms with van der Waals surface area (Å²) >= 11 is 5.95. The van der Waals surface area contributed by atoms with Crippen molar-refractivity contribution in [2.75, 3.05) is 5.75 Å². The Morgan fingerprint density at radius 2 is 1.58 bits per heavy atom. The number of hydrogen-bond donors (Lipinski definition) is 1. The van der Waals surface area contributed by atoms with E-state index in [2.05, 4.69) is 0 Å². The number of rotatable bonds is 8. The van der Waals surface area contributed by atoms with Crippen molar-refractivity contribution in [1.82, 2.24) is 0 Å². The van der Waals surface area contributed by atoms with Gasteiger partial charge in [-0.05, 0) is 42.5 Å². The van der Waals surface area contributed by atoms with E-state index in [-0.39, 0.29) is 22.1 Å². The standard InChI is InChI=1S/C18H19ClO4S/c19-16-6-1-2-7-17(16)24(22,23)12-4-3-5-14-8-10-15(11-9-14)13-18(20)21/h1-2,6-11H,3-5,12-13H2,(H,20,21). The first-order chi connectivity index (χ1) is 11.4. The summed E-state index contributed by atoms with van der Waals surface area (Å²) in [6, 6.07) is 13.8. The molecule has 24 heavy (non-hydrogen) atoms. The lowest BCUT2D eigenvalue weighted by Gasteiger charge is -2.07. The van der Waals surface area contributed by atoms with E-state index < -0.39 is 15.8 Å². The normalized spacial score (nSPS) is 11.4. The molecule has 0 bridgehead atoms. The monoisotopic (exact) mass is 366 g/mol. The zero-order valence-corrected chi connectivity index (χ0v) is 14.7. The summed E-state index contributed by atoms with van der Waals surface area (Å²) in [5.74, 6) is -0.791. The minimum atomic E-state index is -3.36. The Kier molecular flexibility index (Phi) is 6.40. The van der Waals surface area contributed by atoms with Gasteiger partial charge in [0.2, 0.25) is 0 Å². The molecule has 0 unspecified atom stereocenters. The Morgan fingerprint density at radius 1 is 0.958 bits per heavy atom. The van der Waals surface area contributed by atoms with Gasteiger partial charge in [-0.2, -0.15) is 0 Å². The van der Waals surface area contributed by atoms with Crippen molar-refractivity contribution >= 4 is 27.4 Å². The molecule has 2 aromatic carbocycles. The van der Waals surface area contributed by atoms with Crippen molar-refractivity contribution in [3.8, 4) is 0 Å². The van der Waals surface area contributed by atoms with Gasteiger partial charge in [0.15, 0.2) is 9.84 Å². The lowest BCUT2D eigenvalue weighted by atomic mass is 10.1. The Hall–Kier alpha value is -1.85. The van der Waals surface area contributed by atoms with Crippen LogP contribution < -0.4 is 0 Å². The summed E-state index contributed by atoms with van der Waals surface area (Å²) in [5, 5.41) is 8.99. The fourth-order valence-corrected chi connectivity index (χ4v) is 4.37. The van der Waals surface area contributed by atoms with Crippen molar-refractivity contribution < 1.29 is 18.3 Å². The SMILES string of the molecule is O=C(O)Cc1ccc(CCCCS(=O)(=O)c2ccccc2Cl)cc1. The second kappa shape index (κ2) is 8.31. The largest absolute Gasteiger partial charge is 0.481 e. The zero-order valence-electron chi connectivity index (χ0n) is 13.1. The zero-order chi connectivity index (χ0) is 17.6. The number of halogens is 1. The van der Waals surface area contributed by atoms with Gasteiger partial charge in [0.25, 0.3) is 0 Å². The minimum absolute atomic E-state index is 0.0103. The van der Waals surface area contributed by atoms with Gasteiger partial charge in [0.05, 0.1) is 22.1 Å². The van der Waals surface area contributed by atoms with Crippen LogP contribution in [-0.4, -0.2) is 25.2 Å². The molecule has 4 nitrogen and oxygen atoms in total. The maximum atomic E-state index is 12.3. The summed E-state index contributed by atoms with van der Waals surface area (Å²) in [6.07, 6.45) is 2.05. The third-order valence-electron chi connectivity index (χ3n) is 3.68. The van der Waals surface area contributed by atoms with E-state index in [1.807, 2.05) is 12.1 Å². The highest BCUT2D eigenvalue weighted by molar-refractivity contribution is 7.91. The molecule has 6 heteroatoms. The van der Waals surface area contributed by atoms with Crippen LogP contribution in [0.2, 0.25) is 5.02 Å². The Balaban J connectivity index is 1.84. The molecule has 0 saturated carbocycles. The highest BCUT2D eigenvalue weighted by atomic mass is 35.5. The van der Waals surface area contributed by atoms with E-state index in [9.17, 15) is 13.2 Å². The highest BCUT2D eigenvalue weighted by Gasteiger charge is 2.16. The lowest BCUT2D eigenvalue weighted by molar-refractivity contribution is -0.136.